The molecule has 1 amide bonds. The van der Waals surface area contributed by atoms with Crippen LogP contribution in [0.2, 0.25) is 0 Å². The molecule has 19 heavy (non-hydrogen) atoms. The average molecular weight is 271 g/mol. The standard InChI is InChI=1S/C14H29N3O2/c1-10(15)6-13(18)16-9-14(4,5)17-7-11(2)19-12(3)8-17/h10-12H,6-9,15H2,1-5H3,(H,16,18). The van der Waals surface area contributed by atoms with E-state index in [1.807, 2.05) is 6.92 Å². The van der Waals surface area contributed by atoms with Crippen molar-refractivity contribution in [1.29, 1.82) is 0 Å². The van der Waals surface area contributed by atoms with Crippen LogP contribution in [0.5, 0.6) is 0 Å². The van der Waals surface area contributed by atoms with Crippen molar-refractivity contribution in [2.24, 2.45) is 5.73 Å². The van der Waals surface area contributed by atoms with Crippen molar-refractivity contribution in [2.75, 3.05) is 19.6 Å². The summed E-state index contributed by atoms with van der Waals surface area (Å²) in [7, 11) is 0. The first-order valence-electron chi connectivity index (χ1n) is 7.13. The highest BCUT2D eigenvalue weighted by atomic mass is 16.5. The quantitative estimate of drug-likeness (QED) is 0.773. The van der Waals surface area contributed by atoms with Crippen LogP contribution in [0.4, 0.5) is 0 Å². The Bertz CT molecular complexity index is 295. The van der Waals surface area contributed by atoms with Crippen molar-refractivity contribution >= 4 is 5.91 Å². The molecule has 0 aromatic rings. The summed E-state index contributed by atoms with van der Waals surface area (Å²) in [6, 6.07) is -0.0912. The van der Waals surface area contributed by atoms with E-state index in [-0.39, 0.29) is 29.7 Å². The van der Waals surface area contributed by atoms with Crippen LogP contribution in [0.1, 0.15) is 41.0 Å². The van der Waals surface area contributed by atoms with Crippen molar-refractivity contribution in [3.8, 4) is 0 Å². The van der Waals surface area contributed by atoms with Gasteiger partial charge in [0.15, 0.2) is 0 Å². The Morgan fingerprint density at radius 2 is 1.95 bits per heavy atom. The largest absolute Gasteiger partial charge is 0.373 e. The van der Waals surface area contributed by atoms with Crippen molar-refractivity contribution in [1.82, 2.24) is 10.2 Å². The van der Waals surface area contributed by atoms with E-state index in [0.717, 1.165) is 13.1 Å². The number of carbonyl (C=O) groups excluding carboxylic acids is 1. The first-order chi connectivity index (χ1) is 8.70. The molecule has 1 aliphatic heterocycles. The monoisotopic (exact) mass is 271 g/mol. The summed E-state index contributed by atoms with van der Waals surface area (Å²) in [6.07, 6.45) is 0.858. The van der Waals surface area contributed by atoms with Crippen LogP contribution in [0.3, 0.4) is 0 Å². The zero-order valence-corrected chi connectivity index (χ0v) is 12.9. The second-order valence-electron chi connectivity index (χ2n) is 6.43. The minimum absolute atomic E-state index is 0.0254. The SMILES string of the molecule is CC(N)CC(=O)NCC(C)(C)N1CC(C)OC(C)C1. The molecule has 1 heterocycles. The van der Waals surface area contributed by atoms with E-state index in [1.54, 1.807) is 0 Å². The van der Waals surface area contributed by atoms with Gasteiger partial charge in [-0.3, -0.25) is 9.69 Å². The Morgan fingerprint density at radius 1 is 1.42 bits per heavy atom. The minimum atomic E-state index is -0.0912. The summed E-state index contributed by atoms with van der Waals surface area (Å²) in [5.41, 5.74) is 5.55. The fraction of sp³-hybridized carbons (Fsp3) is 0.929. The molecule has 112 valence electrons. The number of nitrogens with zero attached hydrogens (tertiary/aromatic N) is 1. The van der Waals surface area contributed by atoms with Gasteiger partial charge in [0.2, 0.25) is 5.91 Å². The van der Waals surface area contributed by atoms with Crippen LogP contribution >= 0.6 is 0 Å². The van der Waals surface area contributed by atoms with Gasteiger partial charge in [0.05, 0.1) is 12.2 Å². The summed E-state index contributed by atoms with van der Waals surface area (Å²) in [5, 5.41) is 2.98. The topological polar surface area (TPSA) is 67.6 Å². The molecule has 0 spiro atoms. The molecule has 3 atom stereocenters. The third-order valence-corrected chi connectivity index (χ3v) is 3.50. The van der Waals surface area contributed by atoms with E-state index >= 15 is 0 Å². The number of morpholine rings is 1. The fourth-order valence-electron chi connectivity index (χ4n) is 2.46. The van der Waals surface area contributed by atoms with Crippen molar-refractivity contribution < 1.29 is 9.53 Å². The number of rotatable bonds is 5. The number of ether oxygens (including phenoxy) is 1. The van der Waals surface area contributed by atoms with E-state index in [1.165, 1.54) is 0 Å². The molecule has 0 aromatic heterocycles. The second kappa shape index (κ2) is 6.68. The zero-order chi connectivity index (χ0) is 14.6. The van der Waals surface area contributed by atoms with Crippen LogP contribution in [0.15, 0.2) is 0 Å². The highest BCUT2D eigenvalue weighted by Gasteiger charge is 2.33. The minimum Gasteiger partial charge on any atom is -0.373 e. The number of amides is 1. The smallest absolute Gasteiger partial charge is 0.221 e. The van der Waals surface area contributed by atoms with Gasteiger partial charge in [0, 0.05) is 37.6 Å². The van der Waals surface area contributed by atoms with E-state index < -0.39 is 0 Å². The van der Waals surface area contributed by atoms with Gasteiger partial charge < -0.3 is 15.8 Å². The second-order valence-corrected chi connectivity index (χ2v) is 6.43. The van der Waals surface area contributed by atoms with Gasteiger partial charge in [0.25, 0.3) is 0 Å². The molecule has 1 rings (SSSR count). The maximum Gasteiger partial charge on any atom is 0.221 e. The molecule has 1 aliphatic rings. The molecule has 0 radical (unpaired) electrons. The Morgan fingerprint density at radius 3 is 2.42 bits per heavy atom. The number of hydrogen-bond acceptors (Lipinski definition) is 4. The first-order valence-corrected chi connectivity index (χ1v) is 7.13. The highest BCUT2D eigenvalue weighted by molar-refractivity contribution is 5.76. The summed E-state index contributed by atoms with van der Waals surface area (Å²) < 4.78 is 5.74. The van der Waals surface area contributed by atoms with Gasteiger partial charge in [-0.15, -0.1) is 0 Å². The number of carbonyl (C=O) groups is 1. The van der Waals surface area contributed by atoms with E-state index in [2.05, 4.69) is 37.9 Å². The number of hydrogen-bond donors (Lipinski definition) is 2. The van der Waals surface area contributed by atoms with Gasteiger partial charge in [-0.2, -0.15) is 0 Å². The van der Waals surface area contributed by atoms with Crippen molar-refractivity contribution in [3.63, 3.8) is 0 Å². The summed E-state index contributed by atoms with van der Waals surface area (Å²) in [5.74, 6) is 0.0254. The van der Waals surface area contributed by atoms with Gasteiger partial charge in [0.1, 0.15) is 0 Å². The van der Waals surface area contributed by atoms with Gasteiger partial charge in [-0.1, -0.05) is 0 Å². The third kappa shape index (κ3) is 5.47. The predicted molar refractivity (Wildman–Crippen MR) is 76.9 cm³/mol. The molecule has 3 unspecified atom stereocenters. The Balaban J connectivity index is 2.48. The van der Waals surface area contributed by atoms with E-state index in [0.29, 0.717) is 13.0 Å². The van der Waals surface area contributed by atoms with Crippen LogP contribution in [-0.2, 0) is 9.53 Å². The van der Waals surface area contributed by atoms with Crippen molar-refractivity contribution in [3.05, 3.63) is 0 Å². The molecule has 5 heteroatoms. The molecule has 0 aliphatic carbocycles. The Hall–Kier alpha value is -0.650. The van der Waals surface area contributed by atoms with Crippen LogP contribution in [-0.4, -0.2) is 54.2 Å². The van der Waals surface area contributed by atoms with Gasteiger partial charge in [-0.25, -0.2) is 0 Å². The lowest BCUT2D eigenvalue weighted by molar-refractivity contribution is -0.123. The lowest BCUT2D eigenvalue weighted by Gasteiger charge is -2.45. The maximum absolute atomic E-state index is 11.7. The Kier molecular flexibility index (Phi) is 5.77. The molecule has 0 saturated carbocycles. The van der Waals surface area contributed by atoms with E-state index in [4.69, 9.17) is 10.5 Å². The summed E-state index contributed by atoms with van der Waals surface area (Å²) >= 11 is 0. The molecular formula is C14H29N3O2. The molecule has 5 nitrogen and oxygen atoms in total. The van der Waals surface area contributed by atoms with Crippen LogP contribution < -0.4 is 11.1 Å². The molecular weight excluding hydrogens is 242 g/mol. The number of nitrogens with one attached hydrogen (secondary N) is 1. The average Bonchev–Trinajstić information content (AvgIpc) is 2.24. The molecule has 1 saturated heterocycles. The highest BCUT2D eigenvalue weighted by Crippen LogP contribution is 2.20. The zero-order valence-electron chi connectivity index (χ0n) is 12.9. The fourth-order valence-corrected chi connectivity index (χ4v) is 2.46. The van der Waals surface area contributed by atoms with Crippen molar-refractivity contribution in [2.45, 2.75) is 64.8 Å². The Labute approximate surface area is 116 Å². The lowest BCUT2D eigenvalue weighted by atomic mass is 10.00. The van der Waals surface area contributed by atoms with E-state index in [9.17, 15) is 4.79 Å². The van der Waals surface area contributed by atoms with Gasteiger partial charge >= 0.3 is 0 Å². The third-order valence-electron chi connectivity index (χ3n) is 3.50. The summed E-state index contributed by atoms with van der Waals surface area (Å²) in [6.45, 7) is 12.8. The molecule has 1 fully saturated rings. The van der Waals surface area contributed by atoms with Crippen LogP contribution in [0, 0.1) is 0 Å². The summed E-state index contributed by atoms with van der Waals surface area (Å²) in [4.78, 5) is 14.1. The van der Waals surface area contributed by atoms with Gasteiger partial charge in [-0.05, 0) is 34.6 Å². The molecule has 0 bridgehead atoms. The maximum atomic E-state index is 11.7. The normalized spacial score (nSPS) is 27.1. The lowest BCUT2D eigenvalue weighted by Crippen LogP contribution is -2.58. The first kappa shape index (κ1) is 16.4. The number of nitrogens with two attached hydrogens (primary N) is 1. The predicted octanol–water partition coefficient (Wildman–Crippen LogP) is 0.728. The molecule has 0 aromatic carbocycles. The van der Waals surface area contributed by atoms with Crippen LogP contribution in [0.25, 0.3) is 0 Å². The molecule has 3 N–H and O–H groups in total.